The van der Waals surface area contributed by atoms with Gasteiger partial charge in [-0.2, -0.15) is 0 Å². The number of pyridine rings is 1. The van der Waals surface area contributed by atoms with Crippen molar-refractivity contribution in [3.8, 4) is 11.5 Å². The number of methoxy groups -OCH3 is 2. The average Bonchev–Trinajstić information content (AvgIpc) is 3.22. The first-order valence-corrected chi connectivity index (χ1v) is 10.3. The van der Waals surface area contributed by atoms with E-state index >= 15 is 0 Å². The van der Waals surface area contributed by atoms with E-state index < -0.39 is 0 Å². The fourth-order valence-corrected chi connectivity index (χ4v) is 4.12. The molecule has 4 aromatic rings. The number of para-hydroxylation sites is 1. The van der Waals surface area contributed by atoms with Crippen molar-refractivity contribution < 1.29 is 14.3 Å². The van der Waals surface area contributed by atoms with Gasteiger partial charge in [0, 0.05) is 6.20 Å². The molecule has 152 valence electrons. The van der Waals surface area contributed by atoms with E-state index in [1.165, 1.54) is 11.3 Å². The number of hydrogen-bond donors (Lipinski definition) is 0. The van der Waals surface area contributed by atoms with Crippen molar-refractivity contribution in [2.75, 3.05) is 19.1 Å². The van der Waals surface area contributed by atoms with E-state index in [1.54, 1.807) is 25.3 Å². The minimum atomic E-state index is -0.0520. The number of carbonyl (C=O) groups is 1. The third kappa shape index (κ3) is 4.26. The molecule has 2 aromatic carbocycles. The number of hydrogen-bond acceptors (Lipinski definition) is 6. The topological polar surface area (TPSA) is 64.5 Å². The Bertz CT molecular complexity index is 1140. The number of carbonyl (C=O) groups excluding carboxylic acids is 1. The van der Waals surface area contributed by atoms with Gasteiger partial charge in [0.1, 0.15) is 17.0 Å². The second-order valence-electron chi connectivity index (χ2n) is 6.63. The fourth-order valence-electron chi connectivity index (χ4n) is 3.12. The smallest absolute Gasteiger partial charge is 0.233 e. The summed E-state index contributed by atoms with van der Waals surface area (Å²) in [4.78, 5) is 24.1. The van der Waals surface area contributed by atoms with Crippen molar-refractivity contribution >= 4 is 32.6 Å². The zero-order valence-electron chi connectivity index (χ0n) is 16.7. The lowest BCUT2D eigenvalue weighted by Gasteiger charge is -2.19. The third-order valence-electron chi connectivity index (χ3n) is 4.68. The van der Waals surface area contributed by atoms with Gasteiger partial charge in [0.05, 0.1) is 37.6 Å². The van der Waals surface area contributed by atoms with Crippen LogP contribution in [0.15, 0.2) is 66.9 Å². The first-order chi connectivity index (χ1) is 14.7. The molecule has 0 radical (unpaired) electrons. The van der Waals surface area contributed by atoms with Crippen LogP contribution in [-0.4, -0.2) is 30.1 Å². The monoisotopic (exact) mass is 419 g/mol. The Hall–Kier alpha value is -3.45. The second-order valence-corrected chi connectivity index (χ2v) is 7.64. The zero-order chi connectivity index (χ0) is 20.9. The van der Waals surface area contributed by atoms with Crippen molar-refractivity contribution in [1.82, 2.24) is 9.97 Å². The Morgan fingerprint density at radius 2 is 1.83 bits per heavy atom. The molecule has 0 saturated carbocycles. The van der Waals surface area contributed by atoms with Crippen LogP contribution in [0.25, 0.3) is 10.2 Å². The number of rotatable bonds is 7. The Labute approximate surface area is 178 Å². The number of ether oxygens (including phenoxy) is 2. The lowest BCUT2D eigenvalue weighted by molar-refractivity contribution is -0.118. The molecule has 0 aliphatic rings. The zero-order valence-corrected chi connectivity index (χ0v) is 17.6. The Morgan fingerprint density at radius 1 is 1.00 bits per heavy atom. The number of amides is 1. The van der Waals surface area contributed by atoms with Crippen molar-refractivity contribution in [1.29, 1.82) is 0 Å². The number of fused-ring (bicyclic) bond motifs is 1. The van der Waals surface area contributed by atoms with E-state index in [4.69, 9.17) is 14.5 Å². The van der Waals surface area contributed by atoms with Gasteiger partial charge in [-0.25, -0.2) is 4.98 Å². The van der Waals surface area contributed by atoms with Gasteiger partial charge >= 0.3 is 0 Å². The van der Waals surface area contributed by atoms with Gasteiger partial charge in [-0.3, -0.25) is 14.7 Å². The molecule has 0 atom stereocenters. The largest absolute Gasteiger partial charge is 0.497 e. The van der Waals surface area contributed by atoms with Crippen molar-refractivity contribution in [3.63, 3.8) is 0 Å². The molecule has 0 aliphatic carbocycles. The van der Waals surface area contributed by atoms with Crippen molar-refractivity contribution in [2.45, 2.75) is 13.0 Å². The molecule has 0 N–H and O–H groups in total. The summed E-state index contributed by atoms with van der Waals surface area (Å²) in [7, 11) is 3.24. The minimum absolute atomic E-state index is 0.0520. The second kappa shape index (κ2) is 8.92. The maximum atomic E-state index is 13.3. The van der Waals surface area contributed by atoms with Crippen LogP contribution in [0.4, 0.5) is 5.13 Å². The van der Waals surface area contributed by atoms with E-state index in [1.807, 2.05) is 60.7 Å². The minimum Gasteiger partial charge on any atom is -0.497 e. The SMILES string of the molecule is COc1ccc(CC(=O)N(Cc2ccccn2)c2nc3c(OC)cccc3s2)cc1. The molecule has 7 heteroatoms. The predicted octanol–water partition coefficient (Wildman–Crippen LogP) is 4.48. The summed E-state index contributed by atoms with van der Waals surface area (Å²) < 4.78 is 11.6. The highest BCUT2D eigenvalue weighted by molar-refractivity contribution is 7.22. The van der Waals surface area contributed by atoms with Gasteiger partial charge in [0.15, 0.2) is 5.13 Å². The molecule has 0 unspecified atom stereocenters. The van der Waals surface area contributed by atoms with E-state index in [0.717, 1.165) is 27.2 Å². The Morgan fingerprint density at radius 3 is 2.53 bits per heavy atom. The normalized spacial score (nSPS) is 10.7. The highest BCUT2D eigenvalue weighted by atomic mass is 32.1. The molecule has 2 heterocycles. The van der Waals surface area contributed by atoms with Gasteiger partial charge in [-0.1, -0.05) is 35.6 Å². The molecule has 0 spiro atoms. The molecule has 0 aliphatic heterocycles. The highest BCUT2D eigenvalue weighted by Gasteiger charge is 2.22. The molecule has 0 bridgehead atoms. The van der Waals surface area contributed by atoms with E-state index in [0.29, 0.717) is 17.4 Å². The van der Waals surface area contributed by atoms with Crippen LogP contribution >= 0.6 is 11.3 Å². The van der Waals surface area contributed by atoms with Crippen LogP contribution in [0.2, 0.25) is 0 Å². The third-order valence-corrected chi connectivity index (χ3v) is 5.73. The molecule has 0 saturated heterocycles. The first-order valence-electron chi connectivity index (χ1n) is 9.44. The van der Waals surface area contributed by atoms with Gasteiger partial charge in [-0.05, 0) is 42.0 Å². The maximum absolute atomic E-state index is 13.3. The molecule has 4 rings (SSSR count). The summed E-state index contributed by atoms with van der Waals surface area (Å²) in [5.41, 5.74) is 2.46. The van der Waals surface area contributed by atoms with E-state index in [2.05, 4.69) is 4.98 Å². The van der Waals surface area contributed by atoms with Gasteiger partial charge in [0.2, 0.25) is 5.91 Å². The first kappa shape index (κ1) is 19.8. The highest BCUT2D eigenvalue weighted by Crippen LogP contribution is 2.34. The van der Waals surface area contributed by atoms with Crippen LogP contribution < -0.4 is 14.4 Å². The predicted molar refractivity (Wildman–Crippen MR) is 118 cm³/mol. The standard InChI is InChI=1S/C23H21N3O3S/c1-28-18-11-9-16(10-12-18)14-21(27)26(15-17-6-3-4-13-24-17)23-25-22-19(29-2)7-5-8-20(22)30-23/h3-13H,14-15H2,1-2H3. The molecular formula is C23H21N3O3S. The van der Waals surface area contributed by atoms with Crippen LogP contribution in [0.3, 0.4) is 0 Å². The molecular weight excluding hydrogens is 398 g/mol. The van der Waals surface area contributed by atoms with Crippen molar-refractivity contribution in [2.24, 2.45) is 0 Å². The van der Waals surface area contributed by atoms with Crippen molar-refractivity contribution in [3.05, 3.63) is 78.1 Å². The Kier molecular flexibility index (Phi) is 5.90. The molecule has 30 heavy (non-hydrogen) atoms. The van der Waals surface area contributed by atoms with Crippen LogP contribution in [0.1, 0.15) is 11.3 Å². The lowest BCUT2D eigenvalue weighted by atomic mass is 10.1. The van der Waals surface area contributed by atoms with Crippen LogP contribution in [0.5, 0.6) is 11.5 Å². The molecule has 1 amide bonds. The van der Waals surface area contributed by atoms with Gasteiger partial charge < -0.3 is 9.47 Å². The number of aromatic nitrogens is 2. The van der Waals surface area contributed by atoms with E-state index in [-0.39, 0.29) is 12.3 Å². The summed E-state index contributed by atoms with van der Waals surface area (Å²) in [6.45, 7) is 0.345. The summed E-state index contributed by atoms with van der Waals surface area (Å²) >= 11 is 1.47. The average molecular weight is 420 g/mol. The molecule has 2 aromatic heterocycles. The Balaban J connectivity index is 1.67. The van der Waals surface area contributed by atoms with Crippen LogP contribution in [-0.2, 0) is 17.8 Å². The number of thiazole rings is 1. The van der Waals surface area contributed by atoms with E-state index in [9.17, 15) is 4.79 Å². The maximum Gasteiger partial charge on any atom is 0.233 e. The summed E-state index contributed by atoms with van der Waals surface area (Å²) in [5.74, 6) is 1.40. The van der Waals surface area contributed by atoms with Gasteiger partial charge in [0.25, 0.3) is 0 Å². The molecule has 6 nitrogen and oxygen atoms in total. The summed E-state index contributed by atoms with van der Waals surface area (Å²) in [5, 5.41) is 0.624. The number of nitrogens with zero attached hydrogens (tertiary/aromatic N) is 3. The quantitative estimate of drug-likeness (QED) is 0.442. The summed E-state index contributed by atoms with van der Waals surface area (Å²) in [6.07, 6.45) is 1.98. The number of benzene rings is 2. The molecule has 0 fully saturated rings. The fraction of sp³-hybridized carbons (Fsp3) is 0.174. The van der Waals surface area contributed by atoms with Crippen LogP contribution in [0, 0.1) is 0 Å². The lowest BCUT2D eigenvalue weighted by Crippen LogP contribution is -2.32. The van der Waals surface area contributed by atoms with Gasteiger partial charge in [-0.15, -0.1) is 0 Å². The number of anilines is 1. The summed E-state index contributed by atoms with van der Waals surface area (Å²) in [6, 6.07) is 19.0.